The fourth-order valence-electron chi connectivity index (χ4n) is 1.46. The highest BCUT2D eigenvalue weighted by Crippen LogP contribution is 2.08. The third-order valence-electron chi connectivity index (χ3n) is 2.32. The van der Waals surface area contributed by atoms with Gasteiger partial charge in [0.25, 0.3) is 5.91 Å². The van der Waals surface area contributed by atoms with Gasteiger partial charge in [0.2, 0.25) is 0 Å². The van der Waals surface area contributed by atoms with Gasteiger partial charge in [-0.15, -0.1) is 11.3 Å². The number of carbonyl (C=O) groups is 1. The van der Waals surface area contributed by atoms with Crippen LogP contribution in [0.15, 0.2) is 36.0 Å². The van der Waals surface area contributed by atoms with Crippen LogP contribution in [0, 0.1) is 11.8 Å². The molecule has 0 spiro atoms. The Bertz CT molecular complexity index is 612. The van der Waals surface area contributed by atoms with E-state index < -0.39 is 0 Å². The van der Waals surface area contributed by atoms with Crippen molar-refractivity contribution in [2.75, 3.05) is 6.61 Å². The van der Waals surface area contributed by atoms with E-state index in [2.05, 4.69) is 22.1 Å². The van der Waals surface area contributed by atoms with Gasteiger partial charge in [0.1, 0.15) is 6.61 Å². The summed E-state index contributed by atoms with van der Waals surface area (Å²) in [5.41, 5.74) is 1.07. The van der Waals surface area contributed by atoms with Crippen LogP contribution >= 0.6 is 11.3 Å². The maximum atomic E-state index is 11.9. The molecule has 0 bridgehead atoms. The predicted octanol–water partition coefficient (Wildman–Crippen LogP) is 1.42. The van der Waals surface area contributed by atoms with Gasteiger partial charge in [0.15, 0.2) is 0 Å². The van der Waals surface area contributed by atoms with Gasteiger partial charge in [-0.3, -0.25) is 9.78 Å². The fraction of sp³-hybridized carbons (Fsp3) is 0.143. The minimum Gasteiger partial charge on any atom is -0.384 e. The third-order valence-corrected chi connectivity index (χ3v) is 3.19. The minimum atomic E-state index is -0.213. The molecule has 0 atom stereocenters. The molecule has 0 aliphatic carbocycles. The van der Waals surface area contributed by atoms with Crippen molar-refractivity contribution in [1.29, 1.82) is 0 Å². The van der Waals surface area contributed by atoms with Crippen LogP contribution in [0.25, 0.3) is 0 Å². The second-order valence-corrected chi connectivity index (χ2v) is 4.72. The Labute approximate surface area is 115 Å². The van der Waals surface area contributed by atoms with E-state index in [4.69, 9.17) is 5.11 Å². The molecule has 0 fully saturated rings. The van der Waals surface area contributed by atoms with E-state index in [0.717, 1.165) is 4.88 Å². The number of aliphatic hydroxyl groups excluding tert-OH is 1. The number of hydrogen-bond donors (Lipinski definition) is 2. The number of amides is 1. The van der Waals surface area contributed by atoms with Crippen molar-refractivity contribution in [2.45, 2.75) is 6.54 Å². The van der Waals surface area contributed by atoms with Crippen LogP contribution in [-0.2, 0) is 6.54 Å². The number of aliphatic hydroxyl groups is 1. The molecule has 2 N–H and O–H groups in total. The van der Waals surface area contributed by atoms with Crippen molar-refractivity contribution < 1.29 is 9.90 Å². The molecule has 0 unspecified atom stereocenters. The van der Waals surface area contributed by atoms with Gasteiger partial charge in [-0.1, -0.05) is 17.9 Å². The zero-order valence-corrected chi connectivity index (χ0v) is 10.9. The molecule has 19 heavy (non-hydrogen) atoms. The summed E-state index contributed by atoms with van der Waals surface area (Å²) < 4.78 is 0. The van der Waals surface area contributed by atoms with Crippen LogP contribution in [0.5, 0.6) is 0 Å². The zero-order chi connectivity index (χ0) is 13.5. The predicted molar refractivity (Wildman–Crippen MR) is 73.7 cm³/mol. The smallest absolute Gasteiger partial charge is 0.253 e. The van der Waals surface area contributed by atoms with Crippen LogP contribution in [0.1, 0.15) is 20.8 Å². The lowest BCUT2D eigenvalue weighted by Gasteiger charge is -2.03. The van der Waals surface area contributed by atoms with Crippen molar-refractivity contribution in [3.05, 3.63) is 52.0 Å². The number of hydrogen-bond acceptors (Lipinski definition) is 4. The second kappa shape index (κ2) is 6.69. The van der Waals surface area contributed by atoms with E-state index in [1.807, 2.05) is 17.5 Å². The lowest BCUT2D eigenvalue weighted by Crippen LogP contribution is -2.22. The molecule has 0 aromatic carbocycles. The number of nitrogens with zero attached hydrogens (tertiary/aromatic N) is 1. The van der Waals surface area contributed by atoms with E-state index >= 15 is 0 Å². The quantitative estimate of drug-likeness (QED) is 0.831. The summed E-state index contributed by atoms with van der Waals surface area (Å²) in [6.45, 7) is 0.290. The van der Waals surface area contributed by atoms with Crippen LogP contribution < -0.4 is 5.32 Å². The molecular formula is C14H12N2O2S. The standard InChI is InChI=1S/C14H12N2O2S/c17-5-1-3-11-7-12(9-15-8-11)14(18)16-10-13-4-2-6-19-13/h2,4,6-9,17H,5,10H2,(H,16,18). The molecule has 0 aliphatic rings. The summed E-state index contributed by atoms with van der Waals surface area (Å²) in [4.78, 5) is 17.0. The van der Waals surface area contributed by atoms with Crippen LogP contribution in [0.4, 0.5) is 0 Å². The van der Waals surface area contributed by atoms with E-state index in [0.29, 0.717) is 17.7 Å². The molecule has 2 aromatic heterocycles. The first-order valence-corrected chi connectivity index (χ1v) is 6.53. The molecule has 2 heterocycles. The van der Waals surface area contributed by atoms with Crippen molar-refractivity contribution >= 4 is 17.2 Å². The lowest BCUT2D eigenvalue weighted by atomic mass is 10.2. The Morgan fingerprint density at radius 2 is 2.37 bits per heavy atom. The number of rotatable bonds is 3. The highest BCUT2D eigenvalue weighted by Gasteiger charge is 2.06. The average Bonchev–Trinajstić information content (AvgIpc) is 2.96. The largest absolute Gasteiger partial charge is 0.384 e. The van der Waals surface area contributed by atoms with Gasteiger partial charge < -0.3 is 10.4 Å². The number of aromatic nitrogens is 1. The van der Waals surface area contributed by atoms with Gasteiger partial charge in [-0.2, -0.15) is 0 Å². The van der Waals surface area contributed by atoms with Gasteiger partial charge in [-0.25, -0.2) is 0 Å². The SMILES string of the molecule is O=C(NCc1cccs1)c1cncc(C#CCO)c1. The molecule has 96 valence electrons. The highest BCUT2D eigenvalue weighted by molar-refractivity contribution is 7.09. The molecule has 1 amide bonds. The number of pyridine rings is 1. The first kappa shape index (κ1) is 13.3. The van der Waals surface area contributed by atoms with E-state index in [-0.39, 0.29) is 12.5 Å². The third kappa shape index (κ3) is 3.91. The van der Waals surface area contributed by atoms with Crippen LogP contribution in [0.2, 0.25) is 0 Å². The second-order valence-electron chi connectivity index (χ2n) is 3.68. The Balaban J connectivity index is 2.02. The maximum absolute atomic E-state index is 11.9. The molecule has 2 rings (SSSR count). The molecule has 0 radical (unpaired) electrons. The van der Waals surface area contributed by atoms with Gasteiger partial charge in [0, 0.05) is 22.8 Å². The summed E-state index contributed by atoms with van der Waals surface area (Å²) in [6.07, 6.45) is 3.05. The topological polar surface area (TPSA) is 62.2 Å². The molecular weight excluding hydrogens is 260 g/mol. The summed E-state index contributed by atoms with van der Waals surface area (Å²) in [6, 6.07) is 5.56. The van der Waals surface area contributed by atoms with Crippen LogP contribution in [0.3, 0.4) is 0 Å². The molecule has 0 saturated carbocycles. The monoisotopic (exact) mass is 272 g/mol. The van der Waals surface area contributed by atoms with E-state index in [9.17, 15) is 4.79 Å². The molecule has 0 saturated heterocycles. The van der Waals surface area contributed by atoms with Gasteiger partial charge in [0.05, 0.1) is 12.1 Å². The summed E-state index contributed by atoms with van der Waals surface area (Å²) in [5.74, 6) is 5.05. The van der Waals surface area contributed by atoms with E-state index in [1.165, 1.54) is 6.20 Å². The maximum Gasteiger partial charge on any atom is 0.253 e. The zero-order valence-electron chi connectivity index (χ0n) is 10.1. The minimum absolute atomic E-state index is 0.187. The number of carbonyl (C=O) groups excluding carboxylic acids is 1. The lowest BCUT2D eigenvalue weighted by molar-refractivity contribution is 0.0951. The summed E-state index contributed by atoms with van der Waals surface area (Å²) in [7, 11) is 0. The molecule has 0 aliphatic heterocycles. The Hall–Kier alpha value is -2.16. The van der Waals surface area contributed by atoms with Crippen molar-refractivity contribution in [1.82, 2.24) is 10.3 Å². The molecule has 5 heteroatoms. The average molecular weight is 272 g/mol. The van der Waals surface area contributed by atoms with Crippen molar-refractivity contribution in [3.8, 4) is 11.8 Å². The normalized spacial score (nSPS) is 9.53. The first-order valence-electron chi connectivity index (χ1n) is 5.65. The number of nitrogens with one attached hydrogen (secondary N) is 1. The molecule has 4 nitrogen and oxygen atoms in total. The number of thiophene rings is 1. The highest BCUT2D eigenvalue weighted by atomic mass is 32.1. The van der Waals surface area contributed by atoms with Gasteiger partial charge in [-0.05, 0) is 17.5 Å². The van der Waals surface area contributed by atoms with Crippen LogP contribution in [-0.4, -0.2) is 22.6 Å². The Kier molecular flexibility index (Phi) is 4.67. The van der Waals surface area contributed by atoms with Crippen molar-refractivity contribution in [2.24, 2.45) is 0 Å². The van der Waals surface area contributed by atoms with Crippen molar-refractivity contribution in [3.63, 3.8) is 0 Å². The fourth-order valence-corrected chi connectivity index (χ4v) is 2.10. The summed E-state index contributed by atoms with van der Waals surface area (Å²) >= 11 is 1.59. The Morgan fingerprint density at radius 1 is 1.47 bits per heavy atom. The van der Waals surface area contributed by atoms with E-state index in [1.54, 1.807) is 23.6 Å². The first-order chi connectivity index (χ1) is 9.29. The molecule has 2 aromatic rings. The Morgan fingerprint density at radius 3 is 3.11 bits per heavy atom. The summed E-state index contributed by atoms with van der Waals surface area (Å²) in [5, 5.41) is 13.4. The van der Waals surface area contributed by atoms with Gasteiger partial charge >= 0.3 is 0 Å².